The minimum atomic E-state index is -3.83. The van der Waals surface area contributed by atoms with Crippen molar-refractivity contribution in [1.82, 2.24) is 19.8 Å². The molecule has 1 saturated heterocycles. The van der Waals surface area contributed by atoms with Gasteiger partial charge in [-0.15, -0.1) is 11.3 Å². The van der Waals surface area contributed by atoms with Crippen LogP contribution in [0.5, 0.6) is 0 Å². The molecule has 4 rings (SSSR count). The summed E-state index contributed by atoms with van der Waals surface area (Å²) >= 11 is 7.90. The van der Waals surface area contributed by atoms with E-state index >= 15 is 0 Å². The van der Waals surface area contributed by atoms with Crippen LogP contribution in [-0.2, 0) is 21.2 Å². The fraction of sp³-hybridized carbons (Fsp3) is 0.381. The van der Waals surface area contributed by atoms with E-state index in [1.165, 1.54) is 21.3 Å². The topological polar surface area (TPSA) is 105 Å². The van der Waals surface area contributed by atoms with Crippen LogP contribution in [0.4, 0.5) is 0 Å². The Morgan fingerprint density at radius 3 is 2.75 bits per heavy atom. The lowest BCUT2D eigenvalue weighted by Gasteiger charge is -2.30. The zero-order chi connectivity index (χ0) is 22.7. The standard InChI is InChI=1S/C21H23ClN4O4S2/c1-14-24-20(25-30-14)16-4-5-18(22)19(13-16)32(28,29)26-10-7-15(8-11-26)21(27)23-9-6-17-3-2-12-31-17/h2-5,12-13,15H,6-11H2,1H3,(H,23,27). The van der Waals surface area contributed by atoms with E-state index in [9.17, 15) is 13.2 Å². The molecule has 0 unspecified atom stereocenters. The van der Waals surface area contributed by atoms with Crippen LogP contribution < -0.4 is 5.32 Å². The van der Waals surface area contributed by atoms with Crippen LogP contribution in [0.2, 0.25) is 5.02 Å². The van der Waals surface area contributed by atoms with E-state index in [0.29, 0.717) is 36.7 Å². The number of carbonyl (C=O) groups is 1. The van der Waals surface area contributed by atoms with Gasteiger partial charge in [0.2, 0.25) is 27.6 Å². The number of thiophene rings is 1. The van der Waals surface area contributed by atoms with Crippen LogP contribution in [-0.4, -0.2) is 48.4 Å². The number of benzene rings is 1. The van der Waals surface area contributed by atoms with Crippen LogP contribution in [0, 0.1) is 12.8 Å². The molecule has 0 saturated carbocycles. The number of rotatable bonds is 7. The molecule has 1 aromatic carbocycles. The van der Waals surface area contributed by atoms with Crippen molar-refractivity contribution in [3.8, 4) is 11.4 Å². The summed E-state index contributed by atoms with van der Waals surface area (Å²) in [5.41, 5.74) is 0.504. The molecule has 1 amide bonds. The van der Waals surface area contributed by atoms with Crippen LogP contribution >= 0.6 is 22.9 Å². The highest BCUT2D eigenvalue weighted by Gasteiger charge is 2.33. The highest BCUT2D eigenvalue weighted by molar-refractivity contribution is 7.89. The Balaban J connectivity index is 1.39. The highest BCUT2D eigenvalue weighted by Crippen LogP contribution is 2.31. The van der Waals surface area contributed by atoms with Gasteiger partial charge in [0.1, 0.15) is 4.90 Å². The molecular weight excluding hydrogens is 472 g/mol. The molecule has 170 valence electrons. The second kappa shape index (κ2) is 9.70. The van der Waals surface area contributed by atoms with E-state index in [-0.39, 0.29) is 34.8 Å². The number of halogens is 1. The monoisotopic (exact) mass is 494 g/mol. The normalized spacial score (nSPS) is 15.7. The Morgan fingerprint density at radius 2 is 2.09 bits per heavy atom. The molecule has 1 fully saturated rings. The van der Waals surface area contributed by atoms with Crippen molar-refractivity contribution in [2.45, 2.75) is 31.1 Å². The molecular formula is C21H23ClN4O4S2. The van der Waals surface area contributed by atoms with Gasteiger partial charge in [0.05, 0.1) is 5.02 Å². The summed E-state index contributed by atoms with van der Waals surface area (Å²) in [6, 6.07) is 8.66. The number of piperidine rings is 1. The molecule has 1 N–H and O–H groups in total. The first kappa shape index (κ1) is 22.9. The Kier molecular flexibility index (Phi) is 6.94. The Hall–Kier alpha value is -2.27. The lowest BCUT2D eigenvalue weighted by molar-refractivity contribution is -0.126. The second-order valence-electron chi connectivity index (χ2n) is 7.58. The van der Waals surface area contributed by atoms with Crippen molar-refractivity contribution in [2.75, 3.05) is 19.6 Å². The van der Waals surface area contributed by atoms with Gasteiger partial charge < -0.3 is 9.84 Å². The SMILES string of the molecule is Cc1nc(-c2ccc(Cl)c(S(=O)(=O)N3CCC(C(=O)NCCc4cccs4)CC3)c2)no1. The number of aromatic nitrogens is 2. The predicted octanol–water partition coefficient (Wildman–Crippen LogP) is 3.52. The van der Waals surface area contributed by atoms with Gasteiger partial charge in [-0.05, 0) is 48.9 Å². The summed E-state index contributed by atoms with van der Waals surface area (Å²) in [5.74, 6) is 0.462. The predicted molar refractivity (Wildman–Crippen MR) is 122 cm³/mol. The van der Waals surface area contributed by atoms with Crippen molar-refractivity contribution >= 4 is 38.9 Å². The molecule has 0 atom stereocenters. The van der Waals surface area contributed by atoms with Crippen LogP contribution in [0.15, 0.2) is 45.1 Å². The summed E-state index contributed by atoms with van der Waals surface area (Å²) in [5, 5.41) is 8.95. The van der Waals surface area contributed by atoms with Gasteiger partial charge in [-0.3, -0.25) is 4.79 Å². The maximum absolute atomic E-state index is 13.3. The summed E-state index contributed by atoms with van der Waals surface area (Å²) < 4.78 is 32.9. The van der Waals surface area contributed by atoms with Crippen molar-refractivity contribution in [2.24, 2.45) is 5.92 Å². The van der Waals surface area contributed by atoms with Gasteiger partial charge in [0.25, 0.3) is 0 Å². The molecule has 3 aromatic rings. The zero-order valence-electron chi connectivity index (χ0n) is 17.5. The number of amides is 1. The smallest absolute Gasteiger partial charge is 0.244 e. The van der Waals surface area contributed by atoms with Gasteiger partial charge >= 0.3 is 0 Å². The maximum atomic E-state index is 13.3. The number of hydrogen-bond acceptors (Lipinski definition) is 7. The molecule has 1 aliphatic rings. The van der Waals surface area contributed by atoms with Crippen LogP contribution in [0.3, 0.4) is 0 Å². The van der Waals surface area contributed by atoms with Gasteiger partial charge in [-0.2, -0.15) is 9.29 Å². The van der Waals surface area contributed by atoms with Gasteiger partial charge in [0.15, 0.2) is 0 Å². The number of nitrogens with one attached hydrogen (secondary N) is 1. The Labute approximate surface area is 195 Å². The Bertz CT molecular complexity index is 1190. The molecule has 32 heavy (non-hydrogen) atoms. The molecule has 1 aliphatic heterocycles. The zero-order valence-corrected chi connectivity index (χ0v) is 19.8. The van der Waals surface area contributed by atoms with E-state index in [0.717, 1.165) is 6.42 Å². The van der Waals surface area contributed by atoms with Crippen LogP contribution in [0.25, 0.3) is 11.4 Å². The number of aryl methyl sites for hydroxylation is 1. The molecule has 0 radical (unpaired) electrons. The highest BCUT2D eigenvalue weighted by atomic mass is 35.5. The Morgan fingerprint density at radius 1 is 1.31 bits per heavy atom. The lowest BCUT2D eigenvalue weighted by atomic mass is 9.97. The molecule has 0 aliphatic carbocycles. The van der Waals surface area contributed by atoms with Gasteiger partial charge in [-0.25, -0.2) is 8.42 Å². The number of hydrogen-bond donors (Lipinski definition) is 1. The molecule has 3 heterocycles. The first-order valence-corrected chi connectivity index (χ1v) is 12.9. The summed E-state index contributed by atoms with van der Waals surface area (Å²) in [7, 11) is -3.83. The summed E-state index contributed by atoms with van der Waals surface area (Å²) in [6.45, 7) is 2.75. The molecule has 0 bridgehead atoms. The van der Waals surface area contributed by atoms with E-state index in [2.05, 4.69) is 15.5 Å². The fourth-order valence-corrected chi connectivity index (χ4v) is 6.34. The van der Waals surface area contributed by atoms with Crippen molar-refractivity contribution in [3.05, 3.63) is 51.5 Å². The molecule has 2 aromatic heterocycles. The minimum absolute atomic E-state index is 0.00188. The van der Waals surface area contributed by atoms with E-state index in [1.807, 2.05) is 17.5 Å². The number of nitrogens with zero attached hydrogens (tertiary/aromatic N) is 3. The third-order valence-electron chi connectivity index (χ3n) is 5.41. The third-order valence-corrected chi connectivity index (χ3v) is 8.73. The van der Waals surface area contributed by atoms with E-state index < -0.39 is 10.0 Å². The average molecular weight is 495 g/mol. The molecule has 0 spiro atoms. The third kappa shape index (κ3) is 5.03. The summed E-state index contributed by atoms with van der Waals surface area (Å²) in [4.78, 5) is 17.9. The fourth-order valence-electron chi connectivity index (χ4n) is 3.66. The van der Waals surface area contributed by atoms with E-state index in [4.69, 9.17) is 16.1 Å². The van der Waals surface area contributed by atoms with Crippen molar-refractivity contribution < 1.29 is 17.7 Å². The number of sulfonamides is 1. The quantitative estimate of drug-likeness (QED) is 0.538. The van der Waals surface area contributed by atoms with Crippen molar-refractivity contribution in [3.63, 3.8) is 0 Å². The summed E-state index contributed by atoms with van der Waals surface area (Å²) in [6.07, 6.45) is 1.72. The average Bonchev–Trinajstić information content (AvgIpc) is 3.46. The maximum Gasteiger partial charge on any atom is 0.244 e. The largest absolute Gasteiger partial charge is 0.355 e. The van der Waals surface area contributed by atoms with E-state index in [1.54, 1.807) is 24.3 Å². The van der Waals surface area contributed by atoms with Gasteiger partial charge in [-0.1, -0.05) is 22.8 Å². The first-order chi connectivity index (χ1) is 15.3. The van der Waals surface area contributed by atoms with Crippen LogP contribution in [0.1, 0.15) is 23.6 Å². The first-order valence-electron chi connectivity index (χ1n) is 10.2. The lowest BCUT2D eigenvalue weighted by Crippen LogP contribution is -2.43. The van der Waals surface area contributed by atoms with Gasteiger partial charge in [0, 0.05) is 42.9 Å². The molecule has 8 nitrogen and oxygen atoms in total. The second-order valence-corrected chi connectivity index (χ2v) is 10.9. The van der Waals surface area contributed by atoms with Crippen molar-refractivity contribution in [1.29, 1.82) is 0 Å². The minimum Gasteiger partial charge on any atom is -0.355 e. The number of carbonyl (C=O) groups excluding carboxylic acids is 1. The molecule has 11 heteroatoms.